The summed E-state index contributed by atoms with van der Waals surface area (Å²) in [6, 6.07) is 13.2. The van der Waals surface area contributed by atoms with Gasteiger partial charge < -0.3 is 19.5 Å². The first-order valence-electron chi connectivity index (χ1n) is 11.4. The van der Waals surface area contributed by atoms with Crippen molar-refractivity contribution in [2.24, 2.45) is 0 Å². The molecule has 0 unspecified atom stereocenters. The SMILES string of the molecule is CN1CCCN(CCCOc2ccc(-c3nc(-c4ccccc4)c(C(F)(F)F)[nH]3)cc2Cl)CC1. The van der Waals surface area contributed by atoms with Crippen molar-refractivity contribution in [3.63, 3.8) is 0 Å². The minimum absolute atomic E-state index is 0.103. The molecule has 0 saturated carbocycles. The van der Waals surface area contributed by atoms with E-state index in [1.54, 1.807) is 48.5 Å². The Bertz CT molecular complexity index is 1090. The average Bonchev–Trinajstić information content (AvgIpc) is 3.17. The van der Waals surface area contributed by atoms with Crippen molar-refractivity contribution in [2.45, 2.75) is 19.0 Å². The molecule has 1 aliphatic rings. The number of ether oxygens (including phenoxy) is 1. The van der Waals surface area contributed by atoms with Gasteiger partial charge in [0.25, 0.3) is 0 Å². The maximum atomic E-state index is 13.6. The lowest BCUT2D eigenvalue weighted by molar-refractivity contribution is -0.140. The number of benzene rings is 2. The largest absolute Gasteiger partial charge is 0.492 e. The van der Waals surface area contributed by atoms with E-state index in [2.05, 4.69) is 26.8 Å². The number of nitrogens with one attached hydrogen (secondary N) is 1. The van der Waals surface area contributed by atoms with Crippen LogP contribution in [0.2, 0.25) is 5.02 Å². The molecule has 1 N–H and O–H groups in total. The fourth-order valence-electron chi connectivity index (χ4n) is 4.08. The quantitative estimate of drug-likeness (QED) is 0.422. The van der Waals surface area contributed by atoms with Crippen molar-refractivity contribution in [1.29, 1.82) is 0 Å². The highest BCUT2D eigenvalue weighted by Crippen LogP contribution is 2.38. The Morgan fingerprint density at radius 1 is 1.03 bits per heavy atom. The molecule has 34 heavy (non-hydrogen) atoms. The minimum Gasteiger partial charge on any atom is -0.492 e. The van der Waals surface area contributed by atoms with Crippen LogP contribution >= 0.6 is 11.6 Å². The molecule has 1 aliphatic heterocycles. The number of aromatic amines is 1. The van der Waals surface area contributed by atoms with Crippen molar-refractivity contribution in [2.75, 3.05) is 46.4 Å². The van der Waals surface area contributed by atoms with Gasteiger partial charge in [-0.05, 0) is 51.2 Å². The molecule has 0 radical (unpaired) electrons. The third-order valence-corrected chi connectivity index (χ3v) is 6.22. The molecular formula is C25H28ClF3N4O. The number of H-pyrrole nitrogens is 1. The number of nitrogens with zero attached hydrogens (tertiary/aromatic N) is 3. The highest BCUT2D eigenvalue weighted by molar-refractivity contribution is 6.32. The van der Waals surface area contributed by atoms with Crippen LogP contribution in [0.3, 0.4) is 0 Å². The van der Waals surface area contributed by atoms with Gasteiger partial charge >= 0.3 is 6.18 Å². The molecule has 3 aromatic rings. The number of hydrogen-bond donors (Lipinski definition) is 1. The van der Waals surface area contributed by atoms with Crippen LogP contribution in [0.4, 0.5) is 13.2 Å². The second kappa shape index (κ2) is 10.8. The number of rotatable bonds is 7. The Kier molecular flexibility index (Phi) is 7.80. The van der Waals surface area contributed by atoms with E-state index in [4.69, 9.17) is 16.3 Å². The second-order valence-corrected chi connectivity index (χ2v) is 8.93. The number of hydrogen-bond acceptors (Lipinski definition) is 4. The fraction of sp³-hybridized carbons (Fsp3) is 0.400. The molecule has 0 atom stereocenters. The third-order valence-electron chi connectivity index (χ3n) is 5.93. The summed E-state index contributed by atoms with van der Waals surface area (Å²) < 4.78 is 46.7. The number of halogens is 4. The Morgan fingerprint density at radius 3 is 2.56 bits per heavy atom. The van der Waals surface area contributed by atoms with E-state index in [9.17, 15) is 13.2 Å². The van der Waals surface area contributed by atoms with Crippen molar-refractivity contribution in [3.05, 3.63) is 59.2 Å². The van der Waals surface area contributed by atoms with E-state index in [1.807, 2.05) is 0 Å². The molecule has 9 heteroatoms. The van der Waals surface area contributed by atoms with Gasteiger partial charge in [0.2, 0.25) is 0 Å². The first kappa shape index (κ1) is 24.6. The summed E-state index contributed by atoms with van der Waals surface area (Å²) in [6.07, 6.45) is -2.53. The van der Waals surface area contributed by atoms with Gasteiger partial charge in [0.05, 0.1) is 11.6 Å². The summed E-state index contributed by atoms with van der Waals surface area (Å²) in [4.78, 5) is 11.5. The molecule has 4 rings (SSSR count). The summed E-state index contributed by atoms with van der Waals surface area (Å²) in [5.74, 6) is 0.609. The number of alkyl halides is 3. The molecule has 0 bridgehead atoms. The van der Waals surface area contributed by atoms with Crippen molar-refractivity contribution in [1.82, 2.24) is 19.8 Å². The van der Waals surface area contributed by atoms with Crippen LogP contribution in [-0.2, 0) is 6.18 Å². The molecular weight excluding hydrogens is 465 g/mol. The number of aromatic nitrogens is 2. The lowest BCUT2D eigenvalue weighted by Crippen LogP contribution is -2.30. The van der Waals surface area contributed by atoms with Crippen LogP contribution in [0.1, 0.15) is 18.5 Å². The molecule has 1 saturated heterocycles. The Balaban J connectivity index is 1.42. The number of likely N-dealkylation sites (N-methyl/N-ethyl adjacent to an activating group) is 1. The molecule has 2 aromatic carbocycles. The maximum absolute atomic E-state index is 13.6. The second-order valence-electron chi connectivity index (χ2n) is 8.52. The van der Waals surface area contributed by atoms with Crippen LogP contribution < -0.4 is 4.74 Å². The standard InChI is InChI=1S/C25H28ClF3N4O/c1-32-11-5-12-33(15-14-32)13-6-16-34-21-10-9-19(17-20(21)26)24-30-22(18-7-3-2-4-8-18)23(31-24)25(27,28)29/h2-4,7-10,17H,5-6,11-16H2,1H3,(H,30,31). The zero-order valence-electron chi connectivity index (χ0n) is 19.0. The molecule has 0 spiro atoms. The van der Waals surface area contributed by atoms with Crippen LogP contribution in [0.15, 0.2) is 48.5 Å². The van der Waals surface area contributed by atoms with Gasteiger partial charge in [0.15, 0.2) is 0 Å². The van der Waals surface area contributed by atoms with Gasteiger partial charge in [0, 0.05) is 30.8 Å². The highest BCUT2D eigenvalue weighted by Gasteiger charge is 2.37. The fourth-order valence-corrected chi connectivity index (χ4v) is 4.31. The molecule has 182 valence electrons. The normalized spacial score (nSPS) is 15.9. The topological polar surface area (TPSA) is 44.4 Å². The van der Waals surface area contributed by atoms with E-state index in [1.165, 1.54) is 6.42 Å². The van der Waals surface area contributed by atoms with Crippen molar-refractivity contribution < 1.29 is 17.9 Å². The molecule has 1 fully saturated rings. The molecule has 1 aromatic heterocycles. The first-order valence-corrected chi connectivity index (χ1v) is 11.8. The maximum Gasteiger partial charge on any atom is 0.433 e. The number of imidazole rings is 1. The van der Waals surface area contributed by atoms with Crippen molar-refractivity contribution in [3.8, 4) is 28.4 Å². The van der Waals surface area contributed by atoms with E-state index < -0.39 is 11.9 Å². The van der Waals surface area contributed by atoms with E-state index >= 15 is 0 Å². The summed E-state index contributed by atoms with van der Waals surface area (Å²) in [7, 11) is 2.15. The van der Waals surface area contributed by atoms with E-state index in [0.29, 0.717) is 28.5 Å². The monoisotopic (exact) mass is 492 g/mol. The van der Waals surface area contributed by atoms with Gasteiger partial charge in [0.1, 0.15) is 23.0 Å². The summed E-state index contributed by atoms with van der Waals surface area (Å²) in [5.41, 5.74) is -0.178. The Labute approximate surface area is 202 Å². The Morgan fingerprint density at radius 2 is 1.82 bits per heavy atom. The zero-order chi connectivity index (χ0) is 24.1. The van der Waals surface area contributed by atoms with Crippen LogP contribution in [0.25, 0.3) is 22.6 Å². The third kappa shape index (κ3) is 6.11. The first-order chi connectivity index (χ1) is 16.3. The molecule has 0 aliphatic carbocycles. The zero-order valence-corrected chi connectivity index (χ0v) is 19.8. The van der Waals surface area contributed by atoms with Crippen LogP contribution in [0, 0.1) is 0 Å². The summed E-state index contributed by atoms with van der Waals surface area (Å²) in [5, 5.41) is 0.333. The van der Waals surface area contributed by atoms with Gasteiger partial charge in [-0.25, -0.2) is 4.98 Å². The Hall–Kier alpha value is -2.55. The van der Waals surface area contributed by atoms with Gasteiger partial charge in [-0.3, -0.25) is 0 Å². The summed E-state index contributed by atoms with van der Waals surface area (Å²) in [6.45, 7) is 5.82. The van der Waals surface area contributed by atoms with Crippen molar-refractivity contribution >= 4 is 11.6 Å². The van der Waals surface area contributed by atoms with Gasteiger partial charge in [-0.1, -0.05) is 41.9 Å². The summed E-state index contributed by atoms with van der Waals surface area (Å²) >= 11 is 6.39. The minimum atomic E-state index is -4.56. The van der Waals surface area contributed by atoms with E-state index in [0.717, 1.165) is 39.1 Å². The predicted molar refractivity (Wildman–Crippen MR) is 128 cm³/mol. The molecule has 0 amide bonds. The molecule has 2 heterocycles. The predicted octanol–water partition coefficient (Wildman–Crippen LogP) is 5.82. The lowest BCUT2D eigenvalue weighted by Gasteiger charge is -2.20. The van der Waals surface area contributed by atoms with Gasteiger partial charge in [-0.15, -0.1) is 0 Å². The van der Waals surface area contributed by atoms with Gasteiger partial charge in [-0.2, -0.15) is 13.2 Å². The molecule has 5 nitrogen and oxygen atoms in total. The van der Waals surface area contributed by atoms with Crippen LogP contribution in [0.5, 0.6) is 5.75 Å². The highest BCUT2D eigenvalue weighted by atomic mass is 35.5. The average molecular weight is 493 g/mol. The lowest BCUT2D eigenvalue weighted by atomic mass is 10.1. The van der Waals surface area contributed by atoms with E-state index in [-0.39, 0.29) is 11.5 Å². The van der Waals surface area contributed by atoms with Crippen LogP contribution in [-0.4, -0.2) is 66.1 Å². The smallest absolute Gasteiger partial charge is 0.433 e.